The summed E-state index contributed by atoms with van der Waals surface area (Å²) in [5.74, 6) is 0.0295. The standard InChI is InChI=1S/C36H55NO4/c1-5-6-7-8-9-10-11-12-13-14-15-16-17-18-19-20-32(38)35-31-26-36(2,3)27-37(31)30(25-33(39)40)34(35)28-21-23-29(41-4)24-22-28/h21-24H,5-20,25-27H2,1-4H3,(H,39,40). The number of aromatic nitrogens is 1. The lowest BCUT2D eigenvalue weighted by atomic mass is 9.86. The van der Waals surface area contributed by atoms with Crippen molar-refractivity contribution in [1.82, 2.24) is 4.57 Å². The van der Waals surface area contributed by atoms with Crippen LogP contribution in [0, 0.1) is 5.41 Å². The fourth-order valence-electron chi connectivity index (χ4n) is 6.51. The number of hydrogen-bond donors (Lipinski definition) is 1. The second-order valence-electron chi connectivity index (χ2n) is 13.0. The van der Waals surface area contributed by atoms with E-state index in [1.807, 2.05) is 24.3 Å². The number of nitrogens with zero attached hydrogens (tertiary/aromatic N) is 1. The topological polar surface area (TPSA) is 68.5 Å². The summed E-state index contributed by atoms with van der Waals surface area (Å²) in [4.78, 5) is 25.7. The molecule has 0 amide bonds. The van der Waals surface area contributed by atoms with Gasteiger partial charge < -0.3 is 14.4 Å². The number of rotatable bonds is 21. The highest BCUT2D eigenvalue weighted by molar-refractivity contribution is 6.05. The van der Waals surface area contributed by atoms with Gasteiger partial charge in [-0.1, -0.05) is 123 Å². The van der Waals surface area contributed by atoms with Gasteiger partial charge in [-0.05, 0) is 36.0 Å². The number of carbonyl (C=O) groups is 2. The van der Waals surface area contributed by atoms with Crippen LogP contribution in [-0.4, -0.2) is 28.5 Å². The molecule has 0 saturated carbocycles. The van der Waals surface area contributed by atoms with Gasteiger partial charge in [0.15, 0.2) is 5.78 Å². The number of benzene rings is 1. The second kappa shape index (κ2) is 16.8. The summed E-state index contributed by atoms with van der Waals surface area (Å²) in [5, 5.41) is 9.76. The van der Waals surface area contributed by atoms with Gasteiger partial charge in [-0.2, -0.15) is 0 Å². The van der Waals surface area contributed by atoms with E-state index in [1.165, 1.54) is 83.5 Å². The van der Waals surface area contributed by atoms with Crippen molar-refractivity contribution in [3.63, 3.8) is 0 Å². The van der Waals surface area contributed by atoms with Crippen molar-refractivity contribution < 1.29 is 19.4 Å². The lowest BCUT2D eigenvalue weighted by Crippen LogP contribution is -2.16. The first-order valence-electron chi connectivity index (χ1n) is 16.4. The Morgan fingerprint density at radius 2 is 1.34 bits per heavy atom. The van der Waals surface area contributed by atoms with Gasteiger partial charge in [0.25, 0.3) is 0 Å². The molecule has 0 unspecified atom stereocenters. The van der Waals surface area contributed by atoms with Crippen molar-refractivity contribution in [3.05, 3.63) is 41.2 Å². The Hall–Kier alpha value is -2.56. The zero-order chi connectivity index (χ0) is 29.7. The molecule has 5 nitrogen and oxygen atoms in total. The normalized spacial score (nSPS) is 13.9. The van der Waals surface area contributed by atoms with E-state index in [4.69, 9.17) is 4.74 Å². The molecule has 2 heterocycles. The number of ketones is 1. The summed E-state index contributed by atoms with van der Waals surface area (Å²) >= 11 is 0. The maximum atomic E-state index is 13.8. The van der Waals surface area contributed by atoms with Gasteiger partial charge >= 0.3 is 5.97 Å². The van der Waals surface area contributed by atoms with Crippen molar-refractivity contribution in [2.24, 2.45) is 5.41 Å². The van der Waals surface area contributed by atoms with Gasteiger partial charge in [-0.25, -0.2) is 0 Å². The summed E-state index contributed by atoms with van der Waals surface area (Å²) in [6.07, 6.45) is 20.7. The van der Waals surface area contributed by atoms with Crippen molar-refractivity contribution in [2.45, 2.75) is 143 Å². The number of carboxylic acids is 1. The summed E-state index contributed by atoms with van der Waals surface area (Å²) in [5.41, 5.74) is 4.23. The van der Waals surface area contributed by atoms with E-state index < -0.39 is 5.97 Å². The molecular weight excluding hydrogens is 510 g/mol. The molecule has 0 spiro atoms. The molecule has 41 heavy (non-hydrogen) atoms. The van der Waals surface area contributed by atoms with Crippen LogP contribution in [0.3, 0.4) is 0 Å². The molecule has 0 saturated heterocycles. The SMILES string of the molecule is CCCCCCCCCCCCCCCCCC(=O)c1c(-c2ccc(OC)cc2)c(CC(=O)O)n2c1CC(C)(C)C2. The number of Topliss-reactive ketones (excluding diaryl/α,β-unsaturated/α-hetero) is 1. The molecule has 228 valence electrons. The highest BCUT2D eigenvalue weighted by atomic mass is 16.5. The van der Waals surface area contributed by atoms with Gasteiger partial charge in [0.2, 0.25) is 0 Å². The van der Waals surface area contributed by atoms with Crippen LogP contribution in [0.2, 0.25) is 0 Å². The smallest absolute Gasteiger partial charge is 0.309 e. The minimum absolute atomic E-state index is 0.00465. The molecule has 1 aromatic heterocycles. The number of hydrogen-bond acceptors (Lipinski definition) is 3. The Morgan fingerprint density at radius 1 is 0.829 bits per heavy atom. The predicted molar refractivity (Wildman–Crippen MR) is 169 cm³/mol. The van der Waals surface area contributed by atoms with Crippen LogP contribution in [0.5, 0.6) is 5.75 Å². The van der Waals surface area contributed by atoms with E-state index in [1.54, 1.807) is 7.11 Å². The molecule has 5 heteroatoms. The zero-order valence-electron chi connectivity index (χ0n) is 26.4. The average Bonchev–Trinajstić information content (AvgIpc) is 3.40. The molecule has 0 bridgehead atoms. The Kier molecular flexibility index (Phi) is 13.5. The first-order valence-corrected chi connectivity index (χ1v) is 16.4. The van der Waals surface area contributed by atoms with Crippen LogP contribution in [0.15, 0.2) is 24.3 Å². The van der Waals surface area contributed by atoms with Crippen LogP contribution in [0.1, 0.15) is 145 Å². The highest BCUT2D eigenvalue weighted by Gasteiger charge is 2.37. The number of unbranched alkanes of at least 4 members (excludes halogenated alkanes) is 14. The lowest BCUT2D eigenvalue weighted by molar-refractivity contribution is -0.136. The summed E-state index contributed by atoms with van der Waals surface area (Å²) in [6.45, 7) is 7.40. The van der Waals surface area contributed by atoms with Gasteiger partial charge in [0.05, 0.1) is 13.5 Å². The summed E-state index contributed by atoms with van der Waals surface area (Å²) in [6, 6.07) is 7.67. The van der Waals surface area contributed by atoms with Crippen molar-refractivity contribution in [3.8, 4) is 16.9 Å². The molecule has 2 aromatic rings. The van der Waals surface area contributed by atoms with Gasteiger partial charge in [0.1, 0.15) is 5.75 Å². The third kappa shape index (κ3) is 10.0. The molecule has 1 aliphatic rings. The summed E-state index contributed by atoms with van der Waals surface area (Å²) in [7, 11) is 1.63. The first-order chi connectivity index (χ1) is 19.8. The van der Waals surface area contributed by atoms with Crippen LogP contribution >= 0.6 is 0 Å². The fraction of sp³-hybridized carbons (Fsp3) is 0.667. The Morgan fingerprint density at radius 3 is 1.83 bits per heavy atom. The largest absolute Gasteiger partial charge is 0.497 e. The molecule has 3 rings (SSSR count). The molecule has 1 aromatic carbocycles. The number of ether oxygens (including phenoxy) is 1. The number of fused-ring (bicyclic) bond motifs is 1. The van der Waals surface area contributed by atoms with E-state index in [0.29, 0.717) is 6.42 Å². The third-order valence-electron chi connectivity index (χ3n) is 8.69. The monoisotopic (exact) mass is 565 g/mol. The molecular formula is C36H55NO4. The number of carboxylic acid groups (broad SMARTS) is 1. The number of carbonyl (C=O) groups excluding carboxylic acids is 1. The van der Waals surface area contributed by atoms with Crippen molar-refractivity contribution in [1.29, 1.82) is 0 Å². The summed E-state index contributed by atoms with van der Waals surface area (Å²) < 4.78 is 7.47. The Labute approximate surface area is 249 Å². The van der Waals surface area contributed by atoms with Crippen molar-refractivity contribution >= 4 is 11.8 Å². The fourth-order valence-corrected chi connectivity index (χ4v) is 6.51. The molecule has 0 radical (unpaired) electrons. The molecule has 0 fully saturated rings. The van der Waals surface area contributed by atoms with Crippen LogP contribution in [0.25, 0.3) is 11.1 Å². The Bertz CT molecular complexity index is 1100. The van der Waals surface area contributed by atoms with E-state index in [9.17, 15) is 14.7 Å². The van der Waals surface area contributed by atoms with Crippen LogP contribution < -0.4 is 4.74 Å². The minimum Gasteiger partial charge on any atom is -0.497 e. The highest BCUT2D eigenvalue weighted by Crippen LogP contribution is 2.43. The van der Waals surface area contributed by atoms with E-state index in [-0.39, 0.29) is 17.6 Å². The second-order valence-corrected chi connectivity index (χ2v) is 13.0. The first kappa shape index (κ1) is 32.9. The number of aliphatic carboxylic acids is 1. The van der Waals surface area contributed by atoms with E-state index in [0.717, 1.165) is 59.6 Å². The van der Waals surface area contributed by atoms with Gasteiger partial charge in [-0.15, -0.1) is 0 Å². The Balaban J connectivity index is 1.52. The van der Waals surface area contributed by atoms with E-state index >= 15 is 0 Å². The third-order valence-corrected chi connectivity index (χ3v) is 8.69. The van der Waals surface area contributed by atoms with E-state index in [2.05, 4.69) is 25.3 Å². The average molecular weight is 566 g/mol. The van der Waals surface area contributed by atoms with Crippen LogP contribution in [-0.2, 0) is 24.2 Å². The lowest BCUT2D eigenvalue weighted by Gasteiger charge is -2.18. The van der Waals surface area contributed by atoms with Gasteiger partial charge in [0, 0.05) is 35.5 Å². The quantitative estimate of drug-likeness (QED) is 0.121. The van der Waals surface area contributed by atoms with Crippen molar-refractivity contribution in [2.75, 3.05) is 7.11 Å². The zero-order valence-corrected chi connectivity index (χ0v) is 26.4. The molecule has 1 aliphatic heterocycles. The van der Waals surface area contributed by atoms with Gasteiger partial charge in [-0.3, -0.25) is 9.59 Å². The maximum Gasteiger partial charge on any atom is 0.309 e. The number of methoxy groups -OCH3 is 1. The molecule has 0 aliphatic carbocycles. The minimum atomic E-state index is -0.869. The maximum absolute atomic E-state index is 13.8. The predicted octanol–water partition coefficient (Wildman–Crippen LogP) is 9.82. The van der Waals surface area contributed by atoms with Crippen LogP contribution in [0.4, 0.5) is 0 Å². The molecule has 1 N–H and O–H groups in total. The molecule has 0 atom stereocenters.